The number of halogens is 1. The molecule has 0 radical (unpaired) electrons. The first-order valence-corrected chi connectivity index (χ1v) is 7.49. The monoisotopic (exact) mass is 244 g/mol. The summed E-state index contributed by atoms with van der Waals surface area (Å²) in [6.07, 6.45) is 12.1. The molecule has 2 fully saturated rings. The average molecular weight is 245 g/mol. The zero-order valence-electron chi connectivity index (χ0n) is 10.5. The number of alkyl halides is 1. The van der Waals surface area contributed by atoms with E-state index in [0.29, 0.717) is 16.9 Å². The predicted octanol–water partition coefficient (Wildman–Crippen LogP) is 4.52. The molecule has 2 atom stereocenters. The van der Waals surface area contributed by atoms with Crippen LogP contribution in [-0.4, -0.2) is 18.1 Å². The second kappa shape index (κ2) is 5.73. The molecule has 94 valence electrons. The highest BCUT2D eigenvalue weighted by Gasteiger charge is 2.54. The minimum absolute atomic E-state index is 0.367. The van der Waals surface area contributed by atoms with Gasteiger partial charge in [-0.05, 0) is 25.7 Å². The van der Waals surface area contributed by atoms with Crippen LogP contribution in [0.2, 0.25) is 0 Å². The molecule has 2 rings (SSSR count). The van der Waals surface area contributed by atoms with Crippen molar-refractivity contribution in [3.05, 3.63) is 0 Å². The molecule has 16 heavy (non-hydrogen) atoms. The molecule has 1 spiro atoms. The lowest BCUT2D eigenvalue weighted by atomic mass is 9.58. The van der Waals surface area contributed by atoms with Crippen molar-refractivity contribution in [3.63, 3.8) is 0 Å². The van der Waals surface area contributed by atoms with Gasteiger partial charge in [0.1, 0.15) is 0 Å². The van der Waals surface area contributed by atoms with Gasteiger partial charge in [-0.1, -0.05) is 39.0 Å². The highest BCUT2D eigenvalue weighted by molar-refractivity contribution is 6.21. The molecule has 1 nitrogen and oxygen atoms in total. The summed E-state index contributed by atoms with van der Waals surface area (Å²) in [4.78, 5) is 0. The molecule has 0 aromatic rings. The smallest absolute Gasteiger partial charge is 0.0659 e. The predicted molar refractivity (Wildman–Crippen MR) is 69.0 cm³/mol. The van der Waals surface area contributed by atoms with Crippen molar-refractivity contribution in [1.82, 2.24) is 0 Å². The van der Waals surface area contributed by atoms with E-state index in [9.17, 15) is 0 Å². The fourth-order valence-electron chi connectivity index (χ4n) is 3.36. The van der Waals surface area contributed by atoms with Crippen LogP contribution in [0.15, 0.2) is 0 Å². The Morgan fingerprint density at radius 3 is 2.56 bits per heavy atom. The van der Waals surface area contributed by atoms with Crippen molar-refractivity contribution < 1.29 is 4.74 Å². The van der Waals surface area contributed by atoms with Crippen molar-refractivity contribution in [1.29, 1.82) is 0 Å². The van der Waals surface area contributed by atoms with Crippen LogP contribution in [0.25, 0.3) is 0 Å². The van der Waals surface area contributed by atoms with Crippen LogP contribution in [0, 0.1) is 5.41 Å². The van der Waals surface area contributed by atoms with E-state index >= 15 is 0 Å². The summed E-state index contributed by atoms with van der Waals surface area (Å²) in [6, 6.07) is 0. The molecule has 2 saturated carbocycles. The van der Waals surface area contributed by atoms with Gasteiger partial charge in [-0.2, -0.15) is 0 Å². The van der Waals surface area contributed by atoms with E-state index in [-0.39, 0.29) is 0 Å². The Morgan fingerprint density at radius 2 is 1.94 bits per heavy atom. The van der Waals surface area contributed by atoms with Gasteiger partial charge >= 0.3 is 0 Å². The van der Waals surface area contributed by atoms with E-state index in [2.05, 4.69) is 6.92 Å². The minimum atomic E-state index is 0.367. The molecule has 0 aliphatic heterocycles. The van der Waals surface area contributed by atoms with Crippen LogP contribution in [0.1, 0.15) is 64.7 Å². The molecule has 2 unspecified atom stereocenters. The summed E-state index contributed by atoms with van der Waals surface area (Å²) in [6.45, 7) is 3.19. The number of hydrogen-bond donors (Lipinski definition) is 0. The zero-order valence-corrected chi connectivity index (χ0v) is 11.3. The quantitative estimate of drug-likeness (QED) is 0.510. The normalized spacial score (nSPS) is 32.6. The molecule has 0 aromatic carbocycles. The van der Waals surface area contributed by atoms with E-state index in [0.717, 1.165) is 13.0 Å². The van der Waals surface area contributed by atoms with Gasteiger partial charge in [-0.15, -0.1) is 11.6 Å². The molecule has 0 aromatic heterocycles. The van der Waals surface area contributed by atoms with Crippen LogP contribution in [0.5, 0.6) is 0 Å². The number of unbranched alkanes of at least 4 members (excludes halogenated alkanes) is 2. The molecule has 2 heteroatoms. The fraction of sp³-hybridized carbons (Fsp3) is 1.00. The lowest BCUT2D eigenvalue weighted by Gasteiger charge is -2.55. The van der Waals surface area contributed by atoms with E-state index in [1.54, 1.807) is 0 Å². The molecule has 0 saturated heterocycles. The summed E-state index contributed by atoms with van der Waals surface area (Å²) in [7, 11) is 0. The molecule has 2 aliphatic carbocycles. The Bertz CT molecular complexity index is 211. The first kappa shape index (κ1) is 12.7. The van der Waals surface area contributed by atoms with Crippen LogP contribution in [0.4, 0.5) is 0 Å². The SMILES string of the molecule is CCCCCOC1CC(Cl)C12CCCCC2. The van der Waals surface area contributed by atoms with Crippen molar-refractivity contribution in [2.45, 2.75) is 76.2 Å². The molecule has 0 N–H and O–H groups in total. The highest BCUT2D eigenvalue weighted by atomic mass is 35.5. The topological polar surface area (TPSA) is 9.23 Å². The van der Waals surface area contributed by atoms with Gasteiger partial charge in [-0.25, -0.2) is 0 Å². The lowest BCUT2D eigenvalue weighted by molar-refractivity contribution is -0.124. The van der Waals surface area contributed by atoms with Gasteiger partial charge in [0.15, 0.2) is 0 Å². The zero-order chi connectivity index (χ0) is 11.4. The van der Waals surface area contributed by atoms with Crippen molar-refractivity contribution in [2.75, 3.05) is 6.61 Å². The summed E-state index contributed by atoms with van der Waals surface area (Å²) >= 11 is 6.44. The fourth-order valence-corrected chi connectivity index (χ4v) is 3.88. The minimum Gasteiger partial charge on any atom is -0.378 e. The van der Waals surface area contributed by atoms with Crippen LogP contribution < -0.4 is 0 Å². The Hall–Kier alpha value is 0.250. The van der Waals surface area contributed by atoms with Crippen molar-refractivity contribution >= 4 is 11.6 Å². The molecule has 0 amide bonds. The molecule has 0 heterocycles. The van der Waals surface area contributed by atoms with E-state index in [4.69, 9.17) is 16.3 Å². The maximum atomic E-state index is 6.44. The number of rotatable bonds is 5. The van der Waals surface area contributed by atoms with Gasteiger partial charge in [-0.3, -0.25) is 0 Å². The first-order valence-electron chi connectivity index (χ1n) is 7.05. The van der Waals surface area contributed by atoms with Crippen molar-refractivity contribution in [2.24, 2.45) is 5.41 Å². The largest absolute Gasteiger partial charge is 0.378 e. The Balaban J connectivity index is 1.77. The Morgan fingerprint density at radius 1 is 1.19 bits per heavy atom. The van der Waals surface area contributed by atoms with Gasteiger partial charge in [0.25, 0.3) is 0 Å². The van der Waals surface area contributed by atoms with Crippen LogP contribution >= 0.6 is 11.6 Å². The maximum absolute atomic E-state index is 6.44. The van der Waals surface area contributed by atoms with Gasteiger partial charge in [0.05, 0.1) is 6.10 Å². The molecular formula is C14H25ClO. The second-order valence-electron chi connectivity index (χ2n) is 5.56. The Kier molecular flexibility index (Phi) is 4.55. The van der Waals surface area contributed by atoms with E-state index < -0.39 is 0 Å². The lowest BCUT2D eigenvalue weighted by Crippen LogP contribution is -2.56. The first-order chi connectivity index (χ1) is 7.79. The van der Waals surface area contributed by atoms with E-state index in [1.807, 2.05) is 0 Å². The van der Waals surface area contributed by atoms with E-state index in [1.165, 1.54) is 51.4 Å². The summed E-state index contributed by atoms with van der Waals surface area (Å²) in [5.41, 5.74) is 0.367. The molecule has 0 bridgehead atoms. The maximum Gasteiger partial charge on any atom is 0.0659 e. The summed E-state index contributed by atoms with van der Waals surface area (Å²) < 4.78 is 6.06. The summed E-state index contributed by atoms with van der Waals surface area (Å²) in [5.74, 6) is 0. The number of ether oxygens (including phenoxy) is 1. The average Bonchev–Trinajstić information content (AvgIpc) is 2.34. The van der Waals surface area contributed by atoms with Gasteiger partial charge in [0, 0.05) is 17.4 Å². The summed E-state index contributed by atoms with van der Waals surface area (Å²) in [5, 5.41) is 0.393. The van der Waals surface area contributed by atoms with Gasteiger partial charge in [0.2, 0.25) is 0 Å². The Labute approximate surface area is 105 Å². The third-order valence-electron chi connectivity index (χ3n) is 4.54. The van der Waals surface area contributed by atoms with Crippen LogP contribution in [0.3, 0.4) is 0 Å². The standard InChI is InChI=1S/C14H25ClO/c1-2-3-7-10-16-13-11-12(15)14(13)8-5-4-6-9-14/h12-13H,2-11H2,1H3. The van der Waals surface area contributed by atoms with Crippen LogP contribution in [-0.2, 0) is 4.74 Å². The second-order valence-corrected chi connectivity index (χ2v) is 6.09. The number of hydrogen-bond acceptors (Lipinski definition) is 1. The third kappa shape index (κ3) is 2.41. The van der Waals surface area contributed by atoms with Gasteiger partial charge < -0.3 is 4.74 Å². The molecular weight excluding hydrogens is 220 g/mol. The highest BCUT2D eigenvalue weighted by Crippen LogP contribution is 2.55. The molecule has 2 aliphatic rings. The van der Waals surface area contributed by atoms with Crippen molar-refractivity contribution in [3.8, 4) is 0 Å². The third-order valence-corrected chi connectivity index (χ3v) is 5.15.